The second-order valence-corrected chi connectivity index (χ2v) is 31.4. The third kappa shape index (κ3) is 41.5. The number of thiazole rings is 1. The maximum Gasteiger partial charge on any atom is 0.315 e. The molecular formula is C51H86N14O22S6. The second kappa shape index (κ2) is 42.5. The van der Waals surface area contributed by atoms with Crippen LogP contribution in [0.2, 0.25) is 0 Å². The van der Waals surface area contributed by atoms with E-state index >= 15 is 0 Å². The van der Waals surface area contributed by atoms with Gasteiger partial charge in [-0.3, -0.25) is 71.7 Å². The number of oxazole rings is 1. The highest BCUT2D eigenvalue weighted by Crippen LogP contribution is 2.17. The summed E-state index contributed by atoms with van der Waals surface area (Å²) in [4.78, 5) is 120. The molecule has 11 amide bonds. The van der Waals surface area contributed by atoms with Crippen LogP contribution >= 0.6 is 11.3 Å². The Morgan fingerprint density at radius 2 is 0.828 bits per heavy atom. The zero-order valence-corrected chi connectivity index (χ0v) is 58.2. The molecule has 3 heterocycles. The van der Waals surface area contributed by atoms with Crippen LogP contribution in [0.25, 0.3) is 0 Å². The highest BCUT2D eigenvalue weighted by molar-refractivity contribution is 7.91. The number of nitrogens with one attached hydrogen (secondary N) is 11. The van der Waals surface area contributed by atoms with Crippen LogP contribution in [0.5, 0.6) is 0 Å². The largest absolute Gasteiger partial charge is 0.438 e. The number of hydrogen-bond acceptors (Lipinski definition) is 26. The Kier molecular flexibility index (Phi) is 39.0. The first-order valence-corrected chi connectivity index (χ1v) is 37.7. The topological polar surface area (TPSA) is 539 Å². The fourth-order valence-electron chi connectivity index (χ4n) is 5.90. The quantitative estimate of drug-likeness (QED) is 0.0394. The van der Waals surface area contributed by atoms with Gasteiger partial charge in [-0.1, -0.05) is 93.7 Å². The van der Waals surface area contributed by atoms with Crippen LogP contribution in [-0.4, -0.2) is 184 Å². The molecule has 0 saturated heterocycles. The van der Waals surface area contributed by atoms with Gasteiger partial charge in [-0.05, 0) is 12.8 Å². The van der Waals surface area contributed by atoms with Gasteiger partial charge in [0.15, 0.2) is 6.39 Å². The molecule has 0 radical (unpaired) electrons. The van der Waals surface area contributed by atoms with Crippen LogP contribution in [0.4, 0.5) is 4.79 Å². The highest BCUT2D eigenvalue weighted by Gasteiger charge is 2.23. The van der Waals surface area contributed by atoms with Gasteiger partial charge in [0, 0.05) is 81.3 Å². The molecule has 0 bridgehead atoms. The standard InChI is InChI=1S/C13H25N3O4S.2C10H15N3O5S.C10H15N3O4S2.C8H16N2O4S/c1-10(2)12(17)16-21(19,20)9-8-14-13(18)15-11-6-4-3-5-7-11;1-7(2)9(14)13-19(16,17)4-3-12-10(15)8-5-11-6-18-8;1-7(2)9(14)13-19(16,17)6-5-11-10(15)8-3-4-12-18-8;1-7(2)9(14)13-19(16,17)4-3-12-10(15)8-5-11-6-18-8;1-6(2)8(12)10-15(13,14)5-4-9-7(3)11/h10-11H,3-9H2,1-2H3,(H,16,17)(H2,14,15,18);5-7H,3-4H2,1-2H3,(H,12,15)(H,13,14);3-4,7H,5-6H2,1-2H3,(H,11,15)(H,13,14);5-7H,3-4H2,1-2H3,(H,12,15)(H,13,14);6H,4-5H2,1-3H3,(H,9,11)(H,10,12). The van der Waals surface area contributed by atoms with Crippen molar-refractivity contribution in [3.05, 3.63) is 53.0 Å². The Morgan fingerprint density at radius 1 is 0.473 bits per heavy atom. The van der Waals surface area contributed by atoms with Gasteiger partial charge in [0.1, 0.15) is 4.88 Å². The molecule has 11 N–H and O–H groups in total. The van der Waals surface area contributed by atoms with Crippen molar-refractivity contribution in [2.45, 2.75) is 114 Å². The first-order valence-electron chi connectivity index (χ1n) is 28.5. The number of sulfonamides is 5. The average molecular weight is 1440 g/mol. The molecule has 1 aliphatic carbocycles. The van der Waals surface area contributed by atoms with Gasteiger partial charge in [-0.25, -0.2) is 51.9 Å². The first kappa shape index (κ1) is 85.3. The summed E-state index contributed by atoms with van der Waals surface area (Å²) >= 11 is 1.16. The van der Waals surface area contributed by atoms with Crippen LogP contribution < -0.4 is 55.5 Å². The lowest BCUT2D eigenvalue weighted by Gasteiger charge is -2.22. The highest BCUT2D eigenvalue weighted by atomic mass is 32.2. The maximum absolute atomic E-state index is 11.6. The summed E-state index contributed by atoms with van der Waals surface area (Å²) < 4.78 is 134. The summed E-state index contributed by atoms with van der Waals surface area (Å²) in [5, 5.41) is 18.1. The number of aromatic nitrogens is 3. The summed E-state index contributed by atoms with van der Waals surface area (Å²) in [5.74, 6) is -8.48. The minimum atomic E-state index is -3.75. The second-order valence-electron chi connectivity index (χ2n) is 21.3. The maximum atomic E-state index is 11.6. The van der Waals surface area contributed by atoms with Crippen LogP contribution in [0.15, 0.2) is 45.5 Å². The van der Waals surface area contributed by atoms with Crippen molar-refractivity contribution in [3.8, 4) is 0 Å². The van der Waals surface area contributed by atoms with Gasteiger partial charge in [-0.15, -0.1) is 11.3 Å². The molecule has 1 aliphatic rings. The van der Waals surface area contributed by atoms with Gasteiger partial charge in [-0.2, -0.15) is 0 Å². The van der Waals surface area contributed by atoms with E-state index in [2.05, 4.69) is 51.5 Å². The van der Waals surface area contributed by atoms with E-state index < -0.39 is 127 Å². The zero-order chi connectivity index (χ0) is 71.3. The van der Waals surface area contributed by atoms with Crippen molar-refractivity contribution in [1.82, 2.24) is 70.6 Å². The van der Waals surface area contributed by atoms with E-state index in [1.807, 2.05) is 23.6 Å². The van der Waals surface area contributed by atoms with Crippen molar-refractivity contribution in [3.63, 3.8) is 0 Å². The molecule has 0 atom stereocenters. The Bertz CT molecular complexity index is 3210. The smallest absolute Gasteiger partial charge is 0.315 e. The molecule has 0 aromatic carbocycles. The number of nitrogens with zero attached hydrogens (tertiary/aromatic N) is 3. The van der Waals surface area contributed by atoms with Gasteiger partial charge in [0.05, 0.1) is 52.9 Å². The molecule has 0 unspecified atom stereocenters. The van der Waals surface area contributed by atoms with Gasteiger partial charge in [0.25, 0.3) is 17.7 Å². The molecular weight excluding hydrogens is 1350 g/mol. The number of carbonyl (C=O) groups excluding carboxylic acids is 10. The van der Waals surface area contributed by atoms with Crippen molar-refractivity contribution in [2.24, 2.45) is 29.6 Å². The van der Waals surface area contributed by atoms with E-state index in [1.165, 1.54) is 43.5 Å². The van der Waals surface area contributed by atoms with E-state index in [-0.39, 0.29) is 91.3 Å². The molecule has 1 fully saturated rings. The number of urea groups is 1. The van der Waals surface area contributed by atoms with E-state index in [1.54, 1.807) is 69.2 Å². The van der Waals surface area contributed by atoms with Crippen molar-refractivity contribution in [1.29, 1.82) is 0 Å². The summed E-state index contributed by atoms with van der Waals surface area (Å²) in [6, 6.07) is 1.17. The Balaban J connectivity index is 0.00000114. The number of rotatable bonds is 29. The minimum absolute atomic E-state index is 0.00393. The van der Waals surface area contributed by atoms with Crippen molar-refractivity contribution in [2.75, 3.05) is 61.5 Å². The van der Waals surface area contributed by atoms with Crippen molar-refractivity contribution < 1.29 is 99.0 Å². The SMILES string of the molecule is CC(=O)NCCS(=O)(=O)NC(=O)C(C)C.CC(C)C(=O)NS(=O)(=O)CCNC(=O)NC1CCCCC1.CC(C)C(=O)NS(=O)(=O)CCNC(=O)c1ccno1.CC(C)C(=O)NS(=O)(=O)CCNC(=O)c1cnco1.CC(C)C(=O)NS(=O)(=O)CCNC(=O)c1cncs1. The summed E-state index contributed by atoms with van der Waals surface area (Å²) in [6.07, 6.45) is 10.4. The van der Waals surface area contributed by atoms with E-state index in [9.17, 15) is 90.0 Å². The predicted octanol–water partition coefficient (Wildman–Crippen LogP) is -1.07. The van der Waals surface area contributed by atoms with E-state index in [0.29, 0.717) is 4.88 Å². The molecule has 3 aromatic heterocycles. The van der Waals surface area contributed by atoms with Crippen LogP contribution in [0.1, 0.15) is 139 Å². The molecule has 4 rings (SSSR count). The third-order valence-electron chi connectivity index (χ3n) is 11.2. The molecule has 36 nitrogen and oxygen atoms in total. The molecule has 42 heteroatoms. The van der Waals surface area contributed by atoms with Gasteiger partial charge < -0.3 is 40.8 Å². The molecule has 0 aliphatic heterocycles. The van der Waals surface area contributed by atoms with Crippen LogP contribution in [0, 0.1) is 29.6 Å². The Hall–Kier alpha value is -7.70. The summed E-state index contributed by atoms with van der Waals surface area (Å²) in [7, 11) is -18.6. The third-order valence-corrected chi connectivity index (χ3v) is 18.2. The molecule has 3 aromatic rings. The number of hydrogen-bond donors (Lipinski definition) is 11. The normalized spacial score (nSPS) is 12.5. The summed E-state index contributed by atoms with van der Waals surface area (Å²) in [6.45, 7) is 16.8. The van der Waals surface area contributed by atoms with Crippen LogP contribution in [0.3, 0.4) is 0 Å². The fourth-order valence-corrected chi connectivity index (χ4v) is 11.5. The monoisotopic (exact) mass is 1440 g/mol. The summed E-state index contributed by atoms with van der Waals surface area (Å²) in [5.41, 5.74) is 1.51. The minimum Gasteiger partial charge on any atom is -0.438 e. The average Bonchev–Trinajstić information content (AvgIpc) is 2.30. The lowest BCUT2D eigenvalue weighted by atomic mass is 9.96. The van der Waals surface area contributed by atoms with Gasteiger partial charge >= 0.3 is 6.03 Å². The fraction of sp³-hybridized carbons (Fsp3) is 0.627. The lowest BCUT2D eigenvalue weighted by Crippen LogP contribution is -2.45. The Morgan fingerprint density at radius 3 is 1.14 bits per heavy atom. The zero-order valence-electron chi connectivity index (χ0n) is 53.3. The number of carbonyl (C=O) groups is 10. The van der Waals surface area contributed by atoms with E-state index in [4.69, 9.17) is 4.42 Å². The lowest BCUT2D eigenvalue weighted by molar-refractivity contribution is -0.123. The predicted molar refractivity (Wildman–Crippen MR) is 338 cm³/mol. The van der Waals surface area contributed by atoms with Crippen LogP contribution in [-0.2, 0) is 78.9 Å². The molecule has 93 heavy (non-hydrogen) atoms. The number of amides is 11. The Labute approximate surface area is 545 Å². The van der Waals surface area contributed by atoms with E-state index in [0.717, 1.165) is 43.4 Å². The molecule has 528 valence electrons. The first-order chi connectivity index (χ1) is 43.0. The molecule has 0 spiro atoms. The van der Waals surface area contributed by atoms with Crippen molar-refractivity contribution >= 4 is 121 Å². The van der Waals surface area contributed by atoms with Gasteiger partial charge in [0.2, 0.25) is 97.1 Å². The molecule has 1 saturated carbocycles.